The first-order valence-corrected chi connectivity index (χ1v) is 4.28. The Morgan fingerprint density at radius 1 is 1.77 bits per heavy atom. The zero-order valence-electron chi connectivity index (χ0n) is 7.87. The van der Waals surface area contributed by atoms with E-state index in [0.717, 1.165) is 0 Å². The highest BCUT2D eigenvalue weighted by Crippen LogP contribution is 2.01. The number of amides is 1. The molecule has 0 aromatic heterocycles. The van der Waals surface area contributed by atoms with Crippen LogP contribution in [-0.4, -0.2) is 49.6 Å². The van der Waals surface area contributed by atoms with E-state index in [1.165, 1.54) is 7.11 Å². The number of esters is 1. The number of hydrogen-bond acceptors (Lipinski definition) is 4. The molecular weight excluding hydrogens is 172 g/mol. The first kappa shape index (κ1) is 9.98. The lowest BCUT2D eigenvalue weighted by atomic mass is 10.2. The number of piperazine rings is 1. The highest BCUT2D eigenvalue weighted by molar-refractivity contribution is 5.84. The van der Waals surface area contributed by atoms with E-state index in [1.807, 2.05) is 6.92 Å². The van der Waals surface area contributed by atoms with Crippen molar-refractivity contribution < 1.29 is 14.3 Å². The van der Waals surface area contributed by atoms with Crippen molar-refractivity contribution in [2.24, 2.45) is 0 Å². The summed E-state index contributed by atoms with van der Waals surface area (Å²) in [6, 6.07) is -0.373. The molecule has 1 fully saturated rings. The van der Waals surface area contributed by atoms with Gasteiger partial charge in [-0.1, -0.05) is 0 Å². The SMILES string of the molecule is CCN1CC(C(=O)OC)NCC1=O. The van der Waals surface area contributed by atoms with Gasteiger partial charge in [0.2, 0.25) is 5.91 Å². The number of likely N-dealkylation sites (N-methyl/N-ethyl adjacent to an activating group) is 1. The molecule has 0 aromatic carbocycles. The Hall–Kier alpha value is -1.10. The summed E-state index contributed by atoms with van der Waals surface area (Å²) in [5.41, 5.74) is 0. The van der Waals surface area contributed by atoms with Gasteiger partial charge in [0.15, 0.2) is 0 Å². The zero-order valence-corrected chi connectivity index (χ0v) is 7.87. The number of methoxy groups -OCH3 is 1. The molecule has 0 aliphatic carbocycles. The van der Waals surface area contributed by atoms with E-state index in [0.29, 0.717) is 13.1 Å². The van der Waals surface area contributed by atoms with Crippen molar-refractivity contribution in [3.8, 4) is 0 Å². The third kappa shape index (κ3) is 2.18. The maximum atomic E-state index is 11.2. The smallest absolute Gasteiger partial charge is 0.324 e. The van der Waals surface area contributed by atoms with Crippen molar-refractivity contribution in [1.82, 2.24) is 10.2 Å². The molecule has 0 radical (unpaired) electrons. The molecular formula is C8H14N2O3. The lowest BCUT2D eigenvalue weighted by Crippen LogP contribution is -2.57. The van der Waals surface area contributed by atoms with Crippen molar-refractivity contribution in [3.63, 3.8) is 0 Å². The first-order chi connectivity index (χ1) is 6.19. The molecule has 1 rings (SSSR count). The molecule has 1 amide bonds. The zero-order chi connectivity index (χ0) is 9.84. The minimum Gasteiger partial charge on any atom is -0.468 e. The Kier molecular flexibility index (Phi) is 3.25. The lowest BCUT2D eigenvalue weighted by Gasteiger charge is -2.30. The number of rotatable bonds is 2. The fraction of sp³-hybridized carbons (Fsp3) is 0.750. The molecule has 0 saturated carbocycles. The van der Waals surface area contributed by atoms with Gasteiger partial charge in [0.1, 0.15) is 6.04 Å². The van der Waals surface area contributed by atoms with Gasteiger partial charge in [0.25, 0.3) is 0 Å². The van der Waals surface area contributed by atoms with E-state index in [4.69, 9.17) is 0 Å². The van der Waals surface area contributed by atoms with Crippen molar-refractivity contribution in [1.29, 1.82) is 0 Å². The Morgan fingerprint density at radius 2 is 2.46 bits per heavy atom. The second kappa shape index (κ2) is 4.23. The van der Waals surface area contributed by atoms with Crippen LogP contribution in [0.1, 0.15) is 6.92 Å². The number of carbonyl (C=O) groups excluding carboxylic acids is 2. The Bertz CT molecular complexity index is 217. The summed E-state index contributed by atoms with van der Waals surface area (Å²) in [7, 11) is 1.34. The normalized spacial score (nSPS) is 23.1. The van der Waals surface area contributed by atoms with E-state index in [-0.39, 0.29) is 24.5 Å². The monoisotopic (exact) mass is 186 g/mol. The molecule has 1 aliphatic rings. The number of hydrogen-bond donors (Lipinski definition) is 1. The standard InChI is InChI=1S/C8H14N2O3/c1-3-10-5-6(8(12)13-2)9-4-7(10)11/h6,9H,3-5H2,1-2H3. The molecule has 5 heteroatoms. The molecule has 1 heterocycles. The summed E-state index contributed by atoms with van der Waals surface area (Å²) in [6.45, 7) is 3.14. The number of nitrogens with one attached hydrogen (secondary N) is 1. The van der Waals surface area contributed by atoms with Crippen molar-refractivity contribution >= 4 is 11.9 Å². The highest BCUT2D eigenvalue weighted by Gasteiger charge is 2.29. The highest BCUT2D eigenvalue weighted by atomic mass is 16.5. The quantitative estimate of drug-likeness (QED) is 0.561. The molecule has 0 aromatic rings. The fourth-order valence-electron chi connectivity index (χ4n) is 1.31. The van der Waals surface area contributed by atoms with Crippen LogP contribution in [0.5, 0.6) is 0 Å². The van der Waals surface area contributed by atoms with Crippen LogP contribution in [0.15, 0.2) is 0 Å². The molecule has 1 unspecified atom stereocenters. The van der Waals surface area contributed by atoms with Crippen LogP contribution in [0.3, 0.4) is 0 Å². The number of ether oxygens (including phenoxy) is 1. The van der Waals surface area contributed by atoms with Crippen LogP contribution in [-0.2, 0) is 14.3 Å². The summed E-state index contributed by atoms with van der Waals surface area (Å²) in [4.78, 5) is 23.9. The maximum Gasteiger partial charge on any atom is 0.324 e. The number of carbonyl (C=O) groups is 2. The maximum absolute atomic E-state index is 11.2. The second-order valence-electron chi connectivity index (χ2n) is 2.89. The van der Waals surface area contributed by atoms with Crippen LogP contribution < -0.4 is 5.32 Å². The number of nitrogens with zero attached hydrogens (tertiary/aromatic N) is 1. The van der Waals surface area contributed by atoms with Gasteiger partial charge >= 0.3 is 5.97 Å². The third-order valence-corrected chi connectivity index (χ3v) is 2.12. The van der Waals surface area contributed by atoms with Gasteiger partial charge in [-0.05, 0) is 6.92 Å². The van der Waals surface area contributed by atoms with Crippen LogP contribution >= 0.6 is 0 Å². The average Bonchev–Trinajstić information content (AvgIpc) is 2.17. The molecule has 0 spiro atoms. The molecule has 1 atom stereocenters. The fourth-order valence-corrected chi connectivity index (χ4v) is 1.31. The third-order valence-electron chi connectivity index (χ3n) is 2.12. The van der Waals surface area contributed by atoms with E-state index in [2.05, 4.69) is 10.1 Å². The van der Waals surface area contributed by atoms with Crippen LogP contribution in [0.4, 0.5) is 0 Å². The molecule has 0 bridgehead atoms. The van der Waals surface area contributed by atoms with E-state index >= 15 is 0 Å². The molecule has 74 valence electrons. The molecule has 13 heavy (non-hydrogen) atoms. The summed E-state index contributed by atoms with van der Waals surface area (Å²) >= 11 is 0. The van der Waals surface area contributed by atoms with Gasteiger partial charge in [0.05, 0.1) is 13.7 Å². The predicted molar refractivity (Wildman–Crippen MR) is 46.1 cm³/mol. The van der Waals surface area contributed by atoms with Crippen LogP contribution in [0, 0.1) is 0 Å². The largest absolute Gasteiger partial charge is 0.468 e. The van der Waals surface area contributed by atoms with Gasteiger partial charge in [0, 0.05) is 13.1 Å². The molecule has 1 aliphatic heterocycles. The van der Waals surface area contributed by atoms with Gasteiger partial charge in [-0.2, -0.15) is 0 Å². The van der Waals surface area contributed by atoms with Crippen LogP contribution in [0.25, 0.3) is 0 Å². The topological polar surface area (TPSA) is 58.6 Å². The Balaban J connectivity index is 2.54. The van der Waals surface area contributed by atoms with E-state index in [9.17, 15) is 9.59 Å². The predicted octanol–water partition coefficient (Wildman–Crippen LogP) is -1.02. The Labute approximate surface area is 77.0 Å². The lowest BCUT2D eigenvalue weighted by molar-refractivity contribution is -0.146. The van der Waals surface area contributed by atoms with Gasteiger partial charge in [-0.15, -0.1) is 0 Å². The van der Waals surface area contributed by atoms with E-state index in [1.54, 1.807) is 4.90 Å². The summed E-state index contributed by atoms with van der Waals surface area (Å²) in [6.07, 6.45) is 0. The average molecular weight is 186 g/mol. The molecule has 1 saturated heterocycles. The first-order valence-electron chi connectivity index (χ1n) is 4.28. The minimum absolute atomic E-state index is 0.0302. The van der Waals surface area contributed by atoms with Crippen molar-refractivity contribution in [2.75, 3.05) is 26.7 Å². The van der Waals surface area contributed by atoms with Gasteiger partial charge < -0.3 is 9.64 Å². The second-order valence-corrected chi connectivity index (χ2v) is 2.89. The van der Waals surface area contributed by atoms with Gasteiger partial charge in [-0.3, -0.25) is 14.9 Å². The molecule has 5 nitrogen and oxygen atoms in total. The van der Waals surface area contributed by atoms with Gasteiger partial charge in [-0.25, -0.2) is 0 Å². The van der Waals surface area contributed by atoms with E-state index < -0.39 is 0 Å². The van der Waals surface area contributed by atoms with Crippen LogP contribution in [0.2, 0.25) is 0 Å². The van der Waals surface area contributed by atoms with Crippen molar-refractivity contribution in [3.05, 3.63) is 0 Å². The molecule has 1 N–H and O–H groups in total. The summed E-state index contributed by atoms with van der Waals surface area (Å²) < 4.78 is 4.58. The minimum atomic E-state index is -0.373. The van der Waals surface area contributed by atoms with Crippen molar-refractivity contribution in [2.45, 2.75) is 13.0 Å². The summed E-state index contributed by atoms with van der Waals surface area (Å²) in [5, 5.41) is 2.82. The summed E-state index contributed by atoms with van der Waals surface area (Å²) in [5.74, 6) is -0.284. The Morgan fingerprint density at radius 3 is 3.00 bits per heavy atom.